The number of aromatic amines is 1. The molecule has 1 aliphatic heterocycles. The molecule has 2 N–H and O–H groups in total. The highest BCUT2D eigenvalue weighted by molar-refractivity contribution is 6.31. The number of aliphatic hydroxyl groups is 1. The fourth-order valence-electron chi connectivity index (χ4n) is 3.45. The van der Waals surface area contributed by atoms with Crippen LogP contribution < -0.4 is 0 Å². The van der Waals surface area contributed by atoms with Gasteiger partial charge in [0.05, 0.1) is 16.4 Å². The van der Waals surface area contributed by atoms with Crippen molar-refractivity contribution in [3.63, 3.8) is 0 Å². The van der Waals surface area contributed by atoms with Crippen molar-refractivity contribution in [1.29, 1.82) is 0 Å². The third-order valence-corrected chi connectivity index (χ3v) is 4.73. The number of aryl methyl sites for hydroxylation is 1. The molecule has 0 spiro atoms. The summed E-state index contributed by atoms with van der Waals surface area (Å²) >= 11 is 6.25. The molecular formula is C15H26ClN3O. The van der Waals surface area contributed by atoms with Crippen LogP contribution in [-0.2, 0) is 6.54 Å². The van der Waals surface area contributed by atoms with E-state index in [2.05, 4.69) is 28.9 Å². The van der Waals surface area contributed by atoms with E-state index in [1.54, 1.807) is 0 Å². The molecule has 1 saturated heterocycles. The van der Waals surface area contributed by atoms with Crippen molar-refractivity contribution >= 4 is 11.6 Å². The number of aromatic nitrogens is 2. The minimum Gasteiger partial charge on any atom is -0.396 e. The van der Waals surface area contributed by atoms with Crippen molar-refractivity contribution in [3.05, 3.63) is 16.4 Å². The Morgan fingerprint density at radius 1 is 1.50 bits per heavy atom. The Hall–Kier alpha value is -0.580. The third kappa shape index (κ3) is 3.54. The van der Waals surface area contributed by atoms with Crippen molar-refractivity contribution in [2.24, 2.45) is 11.3 Å². The number of halogens is 1. The lowest BCUT2D eigenvalue weighted by atomic mass is 9.74. The molecule has 0 aromatic carbocycles. The van der Waals surface area contributed by atoms with Crippen LogP contribution in [0.2, 0.25) is 5.02 Å². The minimum absolute atomic E-state index is 0.0459. The maximum Gasteiger partial charge on any atom is 0.0951 e. The van der Waals surface area contributed by atoms with Crippen molar-refractivity contribution in [3.8, 4) is 0 Å². The summed E-state index contributed by atoms with van der Waals surface area (Å²) in [6.07, 6.45) is 3.33. The number of likely N-dealkylation sites (tertiary alicyclic amines) is 1. The number of H-pyrrole nitrogens is 1. The molecular weight excluding hydrogens is 274 g/mol. The van der Waals surface area contributed by atoms with Crippen molar-refractivity contribution in [2.75, 3.05) is 19.7 Å². The number of nitrogens with one attached hydrogen (secondary N) is 1. The molecule has 1 aliphatic rings. The van der Waals surface area contributed by atoms with E-state index < -0.39 is 0 Å². The van der Waals surface area contributed by atoms with E-state index >= 15 is 0 Å². The zero-order valence-corrected chi connectivity index (χ0v) is 13.5. The lowest BCUT2D eigenvalue weighted by molar-refractivity contribution is 0.0128. The van der Waals surface area contributed by atoms with E-state index in [0.29, 0.717) is 5.92 Å². The molecule has 4 nitrogen and oxygen atoms in total. The first-order valence-electron chi connectivity index (χ1n) is 7.48. The van der Waals surface area contributed by atoms with E-state index in [-0.39, 0.29) is 12.0 Å². The van der Waals surface area contributed by atoms with Crippen molar-refractivity contribution in [2.45, 2.75) is 46.6 Å². The van der Waals surface area contributed by atoms with Crippen LogP contribution in [0.4, 0.5) is 0 Å². The van der Waals surface area contributed by atoms with E-state index in [1.165, 1.54) is 0 Å². The average molecular weight is 300 g/mol. The molecule has 1 aromatic rings. The largest absolute Gasteiger partial charge is 0.396 e. The van der Waals surface area contributed by atoms with E-state index in [0.717, 1.165) is 55.3 Å². The average Bonchev–Trinajstić information content (AvgIpc) is 2.70. The molecule has 2 heterocycles. The van der Waals surface area contributed by atoms with Gasteiger partial charge in [-0.05, 0) is 38.6 Å². The Bertz CT molecular complexity index is 446. The van der Waals surface area contributed by atoms with E-state index in [4.69, 9.17) is 11.6 Å². The van der Waals surface area contributed by atoms with Gasteiger partial charge in [-0.25, -0.2) is 0 Å². The standard InChI is InChI=1S/C15H26ClN3O/c1-11(2)7-15(10-20)5-4-6-19(9-15)8-13-14(16)12(3)17-18-13/h11,20H,4-10H2,1-3H3,(H,17,18)/t15-/m1/s1. The predicted octanol–water partition coefficient (Wildman–Crippen LogP) is 2.99. The molecule has 0 saturated carbocycles. The SMILES string of the molecule is Cc1[nH]nc(CN2CCC[C@@](CO)(CC(C)C)C2)c1Cl. The molecule has 0 radical (unpaired) electrons. The Balaban J connectivity index is 2.04. The van der Waals surface area contributed by atoms with Gasteiger partial charge in [0.2, 0.25) is 0 Å². The van der Waals surface area contributed by atoms with Gasteiger partial charge < -0.3 is 5.11 Å². The van der Waals surface area contributed by atoms with Crippen LogP contribution in [0, 0.1) is 18.3 Å². The quantitative estimate of drug-likeness (QED) is 0.879. The molecule has 2 rings (SSSR count). The Labute approximate surface area is 126 Å². The zero-order valence-electron chi connectivity index (χ0n) is 12.7. The summed E-state index contributed by atoms with van der Waals surface area (Å²) in [4.78, 5) is 2.38. The lowest BCUT2D eigenvalue weighted by Crippen LogP contribution is -2.45. The molecule has 114 valence electrons. The van der Waals surface area contributed by atoms with E-state index in [9.17, 15) is 5.11 Å². The second kappa shape index (κ2) is 6.46. The van der Waals surface area contributed by atoms with Gasteiger partial charge >= 0.3 is 0 Å². The second-order valence-corrected chi connectivity index (χ2v) is 7.06. The summed E-state index contributed by atoms with van der Waals surface area (Å²) in [5.41, 5.74) is 1.89. The predicted molar refractivity (Wildman–Crippen MR) is 81.8 cm³/mol. The van der Waals surface area contributed by atoms with Crippen LogP contribution in [0.3, 0.4) is 0 Å². The van der Waals surface area contributed by atoms with Crippen molar-refractivity contribution < 1.29 is 5.11 Å². The maximum atomic E-state index is 9.86. The third-order valence-electron chi connectivity index (χ3n) is 4.23. The monoisotopic (exact) mass is 299 g/mol. The Kier molecular flexibility index (Phi) is 5.10. The molecule has 0 amide bonds. The van der Waals surface area contributed by atoms with Crippen LogP contribution in [0.15, 0.2) is 0 Å². The summed E-state index contributed by atoms with van der Waals surface area (Å²) in [6.45, 7) is 9.42. The maximum absolute atomic E-state index is 9.86. The molecule has 20 heavy (non-hydrogen) atoms. The highest BCUT2D eigenvalue weighted by Crippen LogP contribution is 2.36. The Morgan fingerprint density at radius 2 is 2.25 bits per heavy atom. The molecule has 0 bridgehead atoms. The fourth-order valence-corrected chi connectivity index (χ4v) is 3.60. The number of hydrogen-bond acceptors (Lipinski definition) is 3. The van der Waals surface area contributed by atoms with Gasteiger partial charge in [0.25, 0.3) is 0 Å². The normalized spacial score (nSPS) is 24.5. The molecule has 0 unspecified atom stereocenters. The first-order chi connectivity index (χ1) is 9.46. The molecule has 1 atom stereocenters. The highest BCUT2D eigenvalue weighted by atomic mass is 35.5. The van der Waals surface area contributed by atoms with Crippen LogP contribution in [0.25, 0.3) is 0 Å². The number of piperidine rings is 1. The number of nitrogens with zero attached hydrogens (tertiary/aromatic N) is 2. The van der Waals surface area contributed by atoms with Gasteiger partial charge in [0.1, 0.15) is 0 Å². The molecule has 0 aliphatic carbocycles. The summed E-state index contributed by atoms with van der Waals surface area (Å²) in [5, 5.41) is 17.8. The second-order valence-electron chi connectivity index (χ2n) is 6.68. The van der Waals surface area contributed by atoms with Gasteiger partial charge in [-0.3, -0.25) is 10.00 Å². The Morgan fingerprint density at radius 3 is 2.80 bits per heavy atom. The van der Waals surface area contributed by atoms with Crippen LogP contribution >= 0.6 is 11.6 Å². The summed E-state index contributed by atoms with van der Waals surface area (Å²) in [5.74, 6) is 0.610. The molecule has 1 fully saturated rings. The number of rotatable bonds is 5. The number of hydrogen-bond donors (Lipinski definition) is 2. The lowest BCUT2D eigenvalue weighted by Gasteiger charge is -2.42. The van der Waals surface area contributed by atoms with Crippen LogP contribution in [0.1, 0.15) is 44.5 Å². The van der Waals surface area contributed by atoms with Gasteiger partial charge in [0.15, 0.2) is 0 Å². The smallest absolute Gasteiger partial charge is 0.0951 e. The summed E-state index contributed by atoms with van der Waals surface area (Å²) in [6, 6.07) is 0. The summed E-state index contributed by atoms with van der Waals surface area (Å²) in [7, 11) is 0. The fraction of sp³-hybridized carbons (Fsp3) is 0.800. The van der Waals surface area contributed by atoms with Crippen molar-refractivity contribution in [1.82, 2.24) is 15.1 Å². The first-order valence-corrected chi connectivity index (χ1v) is 7.86. The van der Waals surface area contributed by atoms with Gasteiger partial charge in [-0.1, -0.05) is 25.4 Å². The van der Waals surface area contributed by atoms with E-state index in [1.807, 2.05) is 6.92 Å². The summed E-state index contributed by atoms with van der Waals surface area (Å²) < 4.78 is 0. The van der Waals surface area contributed by atoms with Gasteiger partial charge in [0, 0.05) is 25.1 Å². The highest BCUT2D eigenvalue weighted by Gasteiger charge is 2.35. The molecule has 1 aromatic heterocycles. The van der Waals surface area contributed by atoms with Gasteiger partial charge in [-0.2, -0.15) is 5.10 Å². The van der Waals surface area contributed by atoms with Crippen LogP contribution in [-0.4, -0.2) is 39.9 Å². The molecule has 5 heteroatoms. The van der Waals surface area contributed by atoms with Gasteiger partial charge in [-0.15, -0.1) is 0 Å². The topological polar surface area (TPSA) is 52.2 Å². The minimum atomic E-state index is 0.0459. The zero-order chi connectivity index (χ0) is 14.8. The first kappa shape index (κ1) is 15.8. The van der Waals surface area contributed by atoms with Crippen LogP contribution in [0.5, 0.6) is 0 Å². The number of aliphatic hydroxyl groups excluding tert-OH is 1.